The van der Waals surface area contributed by atoms with Crippen LogP contribution in [0.15, 0.2) is 17.7 Å². The van der Waals surface area contributed by atoms with E-state index in [1.54, 1.807) is 6.08 Å². The van der Waals surface area contributed by atoms with Crippen molar-refractivity contribution in [2.45, 2.75) is 20.8 Å². The van der Waals surface area contributed by atoms with Crippen LogP contribution in [0, 0.1) is 32.1 Å². The van der Waals surface area contributed by atoms with Gasteiger partial charge in [-0.1, -0.05) is 12.1 Å². The van der Waals surface area contributed by atoms with E-state index in [1.807, 2.05) is 39.0 Å². The molecule has 1 rings (SSSR count). The number of rotatable bonds is 2. The second-order valence-corrected chi connectivity index (χ2v) is 3.95. The monoisotopic (exact) mass is 229 g/mol. The summed E-state index contributed by atoms with van der Waals surface area (Å²) in [5.41, 5.74) is 4.24. The Kier molecular flexibility index (Phi) is 4.06. The van der Waals surface area contributed by atoms with Crippen LogP contribution in [0.4, 0.5) is 0 Å². The van der Waals surface area contributed by atoms with Gasteiger partial charge in [-0.25, -0.2) is 4.79 Å². The highest BCUT2D eigenvalue weighted by molar-refractivity contribution is 5.98. The van der Waals surface area contributed by atoms with E-state index >= 15 is 0 Å². The third-order valence-electron chi connectivity index (χ3n) is 2.71. The highest BCUT2D eigenvalue weighted by Crippen LogP contribution is 2.18. The summed E-state index contributed by atoms with van der Waals surface area (Å²) >= 11 is 0. The van der Waals surface area contributed by atoms with Crippen LogP contribution < -0.4 is 0 Å². The van der Waals surface area contributed by atoms with Crippen molar-refractivity contribution in [1.29, 1.82) is 5.26 Å². The maximum atomic E-state index is 11.3. The lowest BCUT2D eigenvalue weighted by molar-refractivity contribution is -0.135. The fraction of sp³-hybridized carbons (Fsp3) is 0.286. The SMILES string of the molecule is COC(=O)/C(C#N)=C\c1cc(C)c(C)cc1C. The smallest absolute Gasteiger partial charge is 0.348 e. The molecule has 0 aromatic heterocycles. The van der Waals surface area contributed by atoms with Crippen LogP contribution in [-0.2, 0) is 9.53 Å². The Balaban J connectivity index is 3.27. The van der Waals surface area contributed by atoms with Gasteiger partial charge in [-0.05, 0) is 49.1 Å². The van der Waals surface area contributed by atoms with Gasteiger partial charge in [-0.15, -0.1) is 0 Å². The molecule has 17 heavy (non-hydrogen) atoms. The summed E-state index contributed by atoms with van der Waals surface area (Å²) in [5.74, 6) is -0.606. The first kappa shape index (κ1) is 13.0. The number of carbonyl (C=O) groups excluding carboxylic acids is 1. The van der Waals surface area contributed by atoms with Gasteiger partial charge in [-0.2, -0.15) is 5.26 Å². The molecule has 0 aliphatic carbocycles. The van der Waals surface area contributed by atoms with Gasteiger partial charge < -0.3 is 4.74 Å². The minimum atomic E-state index is -0.606. The molecule has 0 saturated heterocycles. The van der Waals surface area contributed by atoms with Crippen LogP contribution in [0.1, 0.15) is 22.3 Å². The summed E-state index contributed by atoms with van der Waals surface area (Å²) in [6.45, 7) is 5.97. The lowest BCUT2D eigenvalue weighted by Crippen LogP contribution is -2.03. The molecule has 0 unspecified atom stereocenters. The number of carbonyl (C=O) groups is 1. The Morgan fingerprint density at radius 3 is 2.35 bits per heavy atom. The molecule has 0 amide bonds. The zero-order chi connectivity index (χ0) is 13.0. The maximum Gasteiger partial charge on any atom is 0.348 e. The van der Waals surface area contributed by atoms with Gasteiger partial charge in [0.25, 0.3) is 0 Å². The highest BCUT2D eigenvalue weighted by atomic mass is 16.5. The van der Waals surface area contributed by atoms with Crippen LogP contribution in [0.5, 0.6) is 0 Å². The molecule has 0 fully saturated rings. The Labute approximate surface area is 101 Å². The number of methoxy groups -OCH3 is 1. The summed E-state index contributed by atoms with van der Waals surface area (Å²) in [5, 5.41) is 8.88. The quantitative estimate of drug-likeness (QED) is 0.445. The van der Waals surface area contributed by atoms with Crippen molar-refractivity contribution in [3.63, 3.8) is 0 Å². The molecule has 1 aromatic rings. The van der Waals surface area contributed by atoms with E-state index in [9.17, 15) is 4.79 Å². The lowest BCUT2D eigenvalue weighted by atomic mass is 9.99. The van der Waals surface area contributed by atoms with Gasteiger partial charge in [-0.3, -0.25) is 0 Å². The molecular formula is C14H15NO2. The van der Waals surface area contributed by atoms with Crippen molar-refractivity contribution in [2.75, 3.05) is 7.11 Å². The zero-order valence-corrected chi connectivity index (χ0v) is 10.5. The van der Waals surface area contributed by atoms with Gasteiger partial charge in [0, 0.05) is 0 Å². The van der Waals surface area contributed by atoms with Gasteiger partial charge >= 0.3 is 5.97 Å². The van der Waals surface area contributed by atoms with E-state index in [4.69, 9.17) is 5.26 Å². The predicted molar refractivity (Wildman–Crippen MR) is 66.3 cm³/mol. The average Bonchev–Trinajstić information content (AvgIpc) is 2.31. The third kappa shape index (κ3) is 2.94. The van der Waals surface area contributed by atoms with Gasteiger partial charge in [0.2, 0.25) is 0 Å². The van der Waals surface area contributed by atoms with Gasteiger partial charge in [0.05, 0.1) is 7.11 Å². The molecule has 3 heteroatoms. The van der Waals surface area contributed by atoms with Gasteiger partial charge in [0.15, 0.2) is 0 Å². The first-order valence-electron chi connectivity index (χ1n) is 5.27. The zero-order valence-electron chi connectivity index (χ0n) is 10.5. The number of hydrogen-bond donors (Lipinski definition) is 0. The van der Waals surface area contributed by atoms with E-state index in [1.165, 1.54) is 12.7 Å². The van der Waals surface area contributed by atoms with Crippen molar-refractivity contribution < 1.29 is 9.53 Å². The Hall–Kier alpha value is -2.08. The van der Waals surface area contributed by atoms with Crippen LogP contribution in [0.25, 0.3) is 6.08 Å². The van der Waals surface area contributed by atoms with Crippen LogP contribution >= 0.6 is 0 Å². The number of nitriles is 1. The fourth-order valence-corrected chi connectivity index (χ4v) is 1.54. The van der Waals surface area contributed by atoms with Crippen molar-refractivity contribution >= 4 is 12.0 Å². The normalized spacial score (nSPS) is 10.9. The van der Waals surface area contributed by atoms with Crippen molar-refractivity contribution in [2.24, 2.45) is 0 Å². The van der Waals surface area contributed by atoms with E-state index in [2.05, 4.69) is 4.74 Å². The minimum absolute atomic E-state index is 0.0128. The average molecular weight is 229 g/mol. The van der Waals surface area contributed by atoms with E-state index in [0.29, 0.717) is 0 Å². The molecule has 3 nitrogen and oxygen atoms in total. The van der Waals surface area contributed by atoms with E-state index < -0.39 is 5.97 Å². The third-order valence-corrected chi connectivity index (χ3v) is 2.71. The topological polar surface area (TPSA) is 50.1 Å². The fourth-order valence-electron chi connectivity index (χ4n) is 1.54. The molecule has 1 aromatic carbocycles. The van der Waals surface area contributed by atoms with E-state index in [0.717, 1.165) is 16.7 Å². The first-order valence-corrected chi connectivity index (χ1v) is 5.27. The number of aryl methyl sites for hydroxylation is 3. The standard InChI is InChI=1S/C14H15NO2/c1-9-5-11(3)12(6-10(9)2)7-13(8-15)14(16)17-4/h5-7H,1-4H3/b13-7-. The minimum Gasteiger partial charge on any atom is -0.465 e. The largest absolute Gasteiger partial charge is 0.465 e. The molecule has 0 heterocycles. The second kappa shape index (κ2) is 5.31. The number of benzene rings is 1. The van der Waals surface area contributed by atoms with Crippen LogP contribution in [0.2, 0.25) is 0 Å². The summed E-state index contributed by atoms with van der Waals surface area (Å²) < 4.78 is 4.54. The van der Waals surface area contributed by atoms with Crippen molar-refractivity contribution in [3.8, 4) is 6.07 Å². The van der Waals surface area contributed by atoms with Crippen molar-refractivity contribution in [3.05, 3.63) is 40.0 Å². The second-order valence-electron chi connectivity index (χ2n) is 3.95. The van der Waals surface area contributed by atoms with E-state index in [-0.39, 0.29) is 5.57 Å². The molecular weight excluding hydrogens is 214 g/mol. The first-order chi connectivity index (χ1) is 7.99. The molecule has 0 bridgehead atoms. The number of nitrogens with zero attached hydrogens (tertiary/aromatic N) is 1. The molecule has 0 saturated carbocycles. The summed E-state index contributed by atoms with van der Waals surface area (Å²) in [7, 11) is 1.26. The molecule has 0 atom stereocenters. The Morgan fingerprint density at radius 2 is 1.82 bits per heavy atom. The highest BCUT2D eigenvalue weighted by Gasteiger charge is 2.09. The number of hydrogen-bond acceptors (Lipinski definition) is 3. The van der Waals surface area contributed by atoms with Crippen LogP contribution in [0.3, 0.4) is 0 Å². The van der Waals surface area contributed by atoms with Crippen molar-refractivity contribution in [1.82, 2.24) is 0 Å². The number of ether oxygens (including phenoxy) is 1. The lowest BCUT2D eigenvalue weighted by Gasteiger charge is -2.06. The summed E-state index contributed by atoms with van der Waals surface area (Å²) in [6.07, 6.45) is 1.56. The van der Waals surface area contributed by atoms with Crippen LogP contribution in [-0.4, -0.2) is 13.1 Å². The molecule has 0 spiro atoms. The Morgan fingerprint density at radius 1 is 1.24 bits per heavy atom. The summed E-state index contributed by atoms with van der Waals surface area (Å²) in [6, 6.07) is 5.85. The summed E-state index contributed by atoms with van der Waals surface area (Å²) in [4.78, 5) is 11.3. The predicted octanol–water partition coefficient (Wildman–Crippen LogP) is 2.69. The molecule has 0 aliphatic rings. The van der Waals surface area contributed by atoms with Gasteiger partial charge in [0.1, 0.15) is 11.6 Å². The maximum absolute atomic E-state index is 11.3. The molecule has 0 N–H and O–H groups in total. The molecule has 0 aliphatic heterocycles. The Bertz CT molecular complexity index is 522. The molecule has 88 valence electrons. The number of esters is 1. The molecule has 0 radical (unpaired) electrons.